The fourth-order valence-electron chi connectivity index (χ4n) is 2.66. The van der Waals surface area contributed by atoms with Crippen molar-refractivity contribution in [1.82, 2.24) is 20.3 Å². The normalized spacial score (nSPS) is 13.0. The van der Waals surface area contributed by atoms with E-state index < -0.39 is 29.2 Å². The molecule has 0 spiro atoms. The van der Waals surface area contributed by atoms with Crippen molar-refractivity contribution in [3.63, 3.8) is 0 Å². The van der Waals surface area contributed by atoms with Gasteiger partial charge in [-0.3, -0.25) is 9.48 Å². The van der Waals surface area contributed by atoms with Crippen LogP contribution in [0, 0.1) is 23.0 Å². The Bertz CT molecular complexity index is 1060. The number of nitriles is 1. The summed E-state index contributed by atoms with van der Waals surface area (Å²) in [6.45, 7) is 3.52. The molecule has 3 rings (SSSR count). The van der Waals surface area contributed by atoms with Crippen LogP contribution in [0.2, 0.25) is 0 Å². The van der Waals surface area contributed by atoms with Gasteiger partial charge in [0.15, 0.2) is 11.5 Å². The average molecular weight is 401 g/mol. The quantitative estimate of drug-likeness (QED) is 0.656. The second kappa shape index (κ2) is 8.20. The van der Waals surface area contributed by atoms with E-state index in [9.17, 15) is 18.7 Å². The van der Waals surface area contributed by atoms with E-state index in [0.717, 1.165) is 12.1 Å². The Kier molecular flexibility index (Phi) is 5.70. The molecule has 29 heavy (non-hydrogen) atoms. The summed E-state index contributed by atoms with van der Waals surface area (Å²) in [6, 6.07) is 6.14. The summed E-state index contributed by atoms with van der Waals surface area (Å²) in [5, 5.41) is 28.7. The Morgan fingerprint density at radius 1 is 1.34 bits per heavy atom. The van der Waals surface area contributed by atoms with Crippen LogP contribution in [-0.2, 0) is 6.54 Å². The van der Waals surface area contributed by atoms with Gasteiger partial charge in [0.1, 0.15) is 29.4 Å². The maximum atomic E-state index is 13.8. The Labute approximate surface area is 164 Å². The summed E-state index contributed by atoms with van der Waals surface area (Å²) in [6.07, 6.45) is 0.731. The van der Waals surface area contributed by atoms with Gasteiger partial charge in [0, 0.05) is 23.9 Å². The molecule has 2 unspecified atom stereocenters. The van der Waals surface area contributed by atoms with Gasteiger partial charge in [-0.05, 0) is 32.0 Å². The van der Waals surface area contributed by atoms with Gasteiger partial charge >= 0.3 is 0 Å². The number of hydrogen-bond donors (Lipinski definition) is 2. The molecule has 0 fully saturated rings. The van der Waals surface area contributed by atoms with E-state index in [4.69, 9.17) is 9.78 Å². The molecule has 0 saturated carbocycles. The van der Waals surface area contributed by atoms with E-state index in [0.29, 0.717) is 5.69 Å². The van der Waals surface area contributed by atoms with Crippen LogP contribution in [0.3, 0.4) is 0 Å². The standard InChI is InChI=1S/C19H17F2N5O3/c1-10(23-19(28)17-7-18(11(2)27)29-25-17)9-26-4-3-16(24-26)12-5-14(20)13(8-22)15(21)6-12/h3-7,10-11,27H,9H2,1-2H3,(H,23,28). The van der Waals surface area contributed by atoms with Gasteiger partial charge in [-0.25, -0.2) is 8.78 Å². The SMILES string of the molecule is CC(Cn1ccc(-c2cc(F)c(C#N)c(F)c2)n1)NC(=O)c1cc(C(C)O)on1. The Hall–Kier alpha value is -3.58. The lowest BCUT2D eigenvalue weighted by atomic mass is 10.1. The first-order valence-electron chi connectivity index (χ1n) is 8.67. The minimum absolute atomic E-state index is 0.0393. The largest absolute Gasteiger partial charge is 0.385 e. The van der Waals surface area contributed by atoms with Gasteiger partial charge in [0.05, 0.1) is 12.2 Å². The van der Waals surface area contributed by atoms with Gasteiger partial charge in [-0.15, -0.1) is 0 Å². The van der Waals surface area contributed by atoms with Crippen molar-refractivity contribution in [2.45, 2.75) is 32.5 Å². The number of carbonyl (C=O) groups excluding carboxylic acids is 1. The Morgan fingerprint density at radius 3 is 2.62 bits per heavy atom. The van der Waals surface area contributed by atoms with E-state index in [1.165, 1.54) is 23.7 Å². The molecule has 8 nitrogen and oxygen atoms in total. The van der Waals surface area contributed by atoms with Gasteiger partial charge in [0.25, 0.3) is 5.91 Å². The van der Waals surface area contributed by atoms with Crippen molar-refractivity contribution in [3.8, 4) is 17.3 Å². The van der Waals surface area contributed by atoms with E-state index in [-0.39, 0.29) is 29.6 Å². The van der Waals surface area contributed by atoms with Crippen LogP contribution in [0.25, 0.3) is 11.3 Å². The molecule has 0 aliphatic carbocycles. The van der Waals surface area contributed by atoms with Gasteiger partial charge in [-0.2, -0.15) is 10.4 Å². The molecule has 1 aromatic carbocycles. The third-order valence-corrected chi connectivity index (χ3v) is 4.10. The predicted molar refractivity (Wildman–Crippen MR) is 96.4 cm³/mol. The van der Waals surface area contributed by atoms with Crippen LogP contribution < -0.4 is 5.32 Å². The summed E-state index contributed by atoms with van der Waals surface area (Å²) in [5.41, 5.74) is -0.0832. The zero-order valence-electron chi connectivity index (χ0n) is 15.6. The molecule has 3 aromatic rings. The topological polar surface area (TPSA) is 117 Å². The molecule has 10 heteroatoms. The van der Waals surface area contributed by atoms with Crippen molar-refractivity contribution in [3.05, 3.63) is 59.1 Å². The van der Waals surface area contributed by atoms with Crippen molar-refractivity contribution in [2.24, 2.45) is 0 Å². The summed E-state index contributed by atoms with van der Waals surface area (Å²) >= 11 is 0. The van der Waals surface area contributed by atoms with E-state index in [2.05, 4.69) is 15.6 Å². The highest BCUT2D eigenvalue weighted by Gasteiger charge is 2.18. The Morgan fingerprint density at radius 2 is 2.03 bits per heavy atom. The molecule has 1 amide bonds. The number of benzene rings is 1. The number of halogens is 2. The van der Waals surface area contributed by atoms with Crippen LogP contribution in [0.4, 0.5) is 8.78 Å². The maximum Gasteiger partial charge on any atom is 0.273 e. The fraction of sp³-hybridized carbons (Fsp3) is 0.263. The third kappa shape index (κ3) is 4.47. The smallest absolute Gasteiger partial charge is 0.273 e. The number of nitrogens with one attached hydrogen (secondary N) is 1. The molecule has 0 aliphatic rings. The first-order chi connectivity index (χ1) is 13.8. The van der Waals surface area contributed by atoms with E-state index in [1.807, 2.05) is 0 Å². The van der Waals surface area contributed by atoms with Crippen molar-refractivity contribution in [2.75, 3.05) is 0 Å². The molecule has 2 atom stereocenters. The van der Waals surface area contributed by atoms with Gasteiger partial charge in [0.2, 0.25) is 0 Å². The van der Waals surface area contributed by atoms with Gasteiger partial charge in [-0.1, -0.05) is 5.16 Å². The minimum Gasteiger partial charge on any atom is -0.385 e. The van der Waals surface area contributed by atoms with Crippen molar-refractivity contribution < 1.29 is 23.2 Å². The summed E-state index contributed by atoms with van der Waals surface area (Å²) in [4.78, 5) is 12.2. The summed E-state index contributed by atoms with van der Waals surface area (Å²) in [5.74, 6) is -2.21. The second-order valence-corrected chi connectivity index (χ2v) is 6.51. The molecular formula is C19H17F2N5O3. The van der Waals surface area contributed by atoms with Crippen LogP contribution in [0.15, 0.2) is 35.0 Å². The number of carbonyl (C=O) groups is 1. The summed E-state index contributed by atoms with van der Waals surface area (Å²) < 4.78 is 34.0. The lowest BCUT2D eigenvalue weighted by molar-refractivity contribution is 0.0925. The predicted octanol–water partition coefficient (Wildman–Crippen LogP) is 2.56. The molecule has 0 aliphatic heterocycles. The van der Waals surface area contributed by atoms with E-state index in [1.54, 1.807) is 19.2 Å². The Balaban J connectivity index is 1.66. The molecule has 0 saturated heterocycles. The number of aliphatic hydroxyl groups is 1. The minimum atomic E-state index is -0.957. The van der Waals surface area contributed by atoms with Gasteiger partial charge < -0.3 is 14.9 Å². The lowest BCUT2D eigenvalue weighted by Crippen LogP contribution is -2.36. The molecule has 0 bridgehead atoms. The molecule has 2 N–H and O–H groups in total. The number of aromatic nitrogens is 3. The van der Waals surface area contributed by atoms with Crippen LogP contribution in [0.1, 0.15) is 41.8 Å². The zero-order valence-corrected chi connectivity index (χ0v) is 15.6. The summed E-state index contributed by atoms with van der Waals surface area (Å²) in [7, 11) is 0. The highest BCUT2D eigenvalue weighted by molar-refractivity contribution is 5.92. The van der Waals surface area contributed by atoms with Crippen LogP contribution in [0.5, 0.6) is 0 Å². The number of rotatable bonds is 6. The van der Waals surface area contributed by atoms with Crippen molar-refractivity contribution in [1.29, 1.82) is 5.26 Å². The zero-order chi connectivity index (χ0) is 21.1. The monoisotopic (exact) mass is 401 g/mol. The second-order valence-electron chi connectivity index (χ2n) is 6.51. The highest BCUT2D eigenvalue weighted by Crippen LogP contribution is 2.23. The number of hydrogen-bond acceptors (Lipinski definition) is 6. The lowest BCUT2D eigenvalue weighted by Gasteiger charge is -2.12. The molecule has 2 aromatic heterocycles. The van der Waals surface area contributed by atoms with Crippen LogP contribution >= 0.6 is 0 Å². The molecule has 2 heterocycles. The molecular weight excluding hydrogens is 384 g/mol. The number of amides is 1. The average Bonchev–Trinajstić information content (AvgIpc) is 3.31. The maximum absolute atomic E-state index is 13.8. The van der Waals surface area contributed by atoms with Crippen molar-refractivity contribution >= 4 is 5.91 Å². The number of nitrogens with zero attached hydrogens (tertiary/aromatic N) is 4. The fourth-order valence-corrected chi connectivity index (χ4v) is 2.66. The van der Waals surface area contributed by atoms with E-state index >= 15 is 0 Å². The third-order valence-electron chi connectivity index (χ3n) is 4.10. The first kappa shape index (κ1) is 20.2. The van der Waals surface area contributed by atoms with Crippen LogP contribution in [-0.4, -0.2) is 32.0 Å². The number of aliphatic hydroxyl groups excluding tert-OH is 1. The molecule has 150 valence electrons. The first-order valence-corrected chi connectivity index (χ1v) is 8.67. The highest BCUT2D eigenvalue weighted by atomic mass is 19.1. The molecule has 0 radical (unpaired) electrons.